The maximum Gasteiger partial charge on any atom is 0.293 e. The van der Waals surface area contributed by atoms with Gasteiger partial charge in [0.25, 0.3) is 5.91 Å². The molecule has 29 heavy (non-hydrogen) atoms. The van der Waals surface area contributed by atoms with Gasteiger partial charge in [0.05, 0.1) is 11.1 Å². The van der Waals surface area contributed by atoms with E-state index in [1.54, 1.807) is 12.1 Å². The molecule has 0 radical (unpaired) electrons. The smallest absolute Gasteiger partial charge is 0.293 e. The molecule has 0 bridgehead atoms. The van der Waals surface area contributed by atoms with E-state index in [9.17, 15) is 9.59 Å². The van der Waals surface area contributed by atoms with Gasteiger partial charge in [-0.05, 0) is 37.3 Å². The van der Waals surface area contributed by atoms with Gasteiger partial charge in [0.2, 0.25) is 0 Å². The lowest BCUT2D eigenvalue weighted by Gasteiger charge is -2.34. The molecule has 3 heterocycles. The zero-order valence-corrected chi connectivity index (χ0v) is 17.7. The number of amides is 1. The third kappa shape index (κ3) is 4.57. The van der Waals surface area contributed by atoms with Crippen molar-refractivity contribution in [3.8, 4) is 0 Å². The summed E-state index contributed by atoms with van der Waals surface area (Å²) >= 11 is 1.38. The molecular formula is C22H25N3O3S. The van der Waals surface area contributed by atoms with Gasteiger partial charge in [-0.1, -0.05) is 25.5 Å². The summed E-state index contributed by atoms with van der Waals surface area (Å²) in [5, 5.41) is 5.71. The van der Waals surface area contributed by atoms with Crippen molar-refractivity contribution in [3.63, 3.8) is 0 Å². The highest BCUT2D eigenvalue weighted by atomic mass is 32.1. The predicted octanol–water partition coefficient (Wildman–Crippen LogP) is 4.29. The Bertz CT molecular complexity index is 1090. The standard InChI is InChI=1S/C22H25N3O3S/c1-13-4-5-19-17(7-13)18(26)8-20(28-19)21(27)24-22-23-16(12-29-22)11-25-9-14(2)6-15(3)10-25/h4-5,7-8,12,14-15H,6,9-11H2,1-3H3,(H,23,24,27)/t14-,15-/m0/s1. The number of anilines is 1. The lowest BCUT2D eigenvalue weighted by Crippen LogP contribution is -2.38. The number of benzene rings is 1. The molecule has 3 aromatic rings. The molecule has 1 saturated heterocycles. The average Bonchev–Trinajstić information content (AvgIpc) is 3.08. The second kappa shape index (κ2) is 8.08. The minimum atomic E-state index is -0.467. The maximum absolute atomic E-state index is 12.6. The van der Waals surface area contributed by atoms with Crippen molar-refractivity contribution in [1.82, 2.24) is 9.88 Å². The molecule has 1 aliphatic rings. The quantitative estimate of drug-likeness (QED) is 0.693. The molecule has 1 fully saturated rings. The Morgan fingerprint density at radius 1 is 1.28 bits per heavy atom. The first-order valence-corrected chi connectivity index (χ1v) is 10.8. The number of thiazole rings is 1. The third-order valence-electron chi connectivity index (χ3n) is 5.21. The lowest BCUT2D eigenvalue weighted by molar-refractivity contribution is 0.0997. The molecule has 1 N–H and O–H groups in total. The van der Waals surface area contributed by atoms with Crippen molar-refractivity contribution in [2.45, 2.75) is 33.7 Å². The number of hydrogen-bond acceptors (Lipinski definition) is 6. The van der Waals surface area contributed by atoms with Gasteiger partial charge in [-0.3, -0.25) is 19.8 Å². The van der Waals surface area contributed by atoms with E-state index in [-0.39, 0.29) is 11.2 Å². The van der Waals surface area contributed by atoms with Crippen molar-refractivity contribution >= 4 is 33.3 Å². The first kappa shape index (κ1) is 19.8. The molecular weight excluding hydrogens is 386 g/mol. The Kier molecular flexibility index (Phi) is 5.52. The summed E-state index contributed by atoms with van der Waals surface area (Å²) in [4.78, 5) is 31.9. The zero-order chi connectivity index (χ0) is 20.5. The molecule has 7 heteroatoms. The van der Waals surface area contributed by atoms with Gasteiger partial charge in [0.1, 0.15) is 5.58 Å². The molecule has 1 aromatic carbocycles. The Morgan fingerprint density at radius 2 is 2.03 bits per heavy atom. The Hall–Kier alpha value is -2.51. The van der Waals surface area contributed by atoms with E-state index < -0.39 is 5.91 Å². The van der Waals surface area contributed by atoms with E-state index in [0.717, 1.165) is 30.9 Å². The molecule has 0 saturated carbocycles. The van der Waals surface area contributed by atoms with Gasteiger partial charge in [0.15, 0.2) is 16.3 Å². The Balaban J connectivity index is 1.46. The number of carbonyl (C=O) groups is 1. The van der Waals surface area contributed by atoms with E-state index in [1.807, 2.05) is 18.4 Å². The van der Waals surface area contributed by atoms with Crippen LogP contribution in [0.15, 0.2) is 38.9 Å². The molecule has 1 amide bonds. The summed E-state index contributed by atoms with van der Waals surface area (Å²) in [7, 11) is 0. The molecule has 0 spiro atoms. The van der Waals surface area contributed by atoms with Gasteiger partial charge in [-0.2, -0.15) is 0 Å². The highest BCUT2D eigenvalue weighted by Crippen LogP contribution is 2.24. The van der Waals surface area contributed by atoms with Crippen LogP contribution < -0.4 is 10.7 Å². The predicted molar refractivity (Wildman–Crippen MR) is 116 cm³/mol. The third-order valence-corrected chi connectivity index (χ3v) is 6.02. The molecule has 152 valence electrons. The molecule has 4 rings (SSSR count). The number of aromatic nitrogens is 1. The number of carbonyl (C=O) groups excluding carboxylic acids is 1. The summed E-state index contributed by atoms with van der Waals surface area (Å²) in [6.07, 6.45) is 1.27. The molecule has 1 aliphatic heterocycles. The van der Waals surface area contributed by atoms with Crippen LogP contribution in [0.3, 0.4) is 0 Å². The van der Waals surface area contributed by atoms with Gasteiger partial charge < -0.3 is 4.42 Å². The molecule has 2 aromatic heterocycles. The van der Waals surface area contributed by atoms with E-state index in [0.29, 0.717) is 27.9 Å². The van der Waals surface area contributed by atoms with Crippen LogP contribution >= 0.6 is 11.3 Å². The number of fused-ring (bicyclic) bond motifs is 1. The number of nitrogens with zero attached hydrogens (tertiary/aromatic N) is 2. The number of rotatable bonds is 4. The van der Waals surface area contributed by atoms with Gasteiger partial charge >= 0.3 is 0 Å². The SMILES string of the molecule is Cc1ccc2oc(C(=O)Nc3nc(CN4C[C@@H](C)C[C@H](C)C4)cs3)cc(=O)c2c1. The summed E-state index contributed by atoms with van der Waals surface area (Å²) in [6.45, 7) is 9.41. The van der Waals surface area contributed by atoms with Crippen LogP contribution in [0.1, 0.15) is 42.1 Å². The van der Waals surface area contributed by atoms with Crippen LogP contribution in [0.4, 0.5) is 5.13 Å². The number of likely N-dealkylation sites (tertiary alicyclic amines) is 1. The van der Waals surface area contributed by atoms with E-state index >= 15 is 0 Å². The summed E-state index contributed by atoms with van der Waals surface area (Å²) in [5.74, 6) is 0.903. The van der Waals surface area contributed by atoms with Crippen LogP contribution in [-0.2, 0) is 6.54 Å². The Labute approximate surface area is 173 Å². The van der Waals surface area contributed by atoms with E-state index in [2.05, 4.69) is 29.0 Å². The maximum atomic E-state index is 12.6. The molecule has 2 atom stereocenters. The van der Waals surface area contributed by atoms with E-state index in [1.165, 1.54) is 23.8 Å². The summed E-state index contributed by atoms with van der Waals surface area (Å²) in [6, 6.07) is 6.56. The summed E-state index contributed by atoms with van der Waals surface area (Å²) in [5.41, 5.74) is 2.09. The topological polar surface area (TPSA) is 75.4 Å². The number of nitrogens with one attached hydrogen (secondary N) is 1. The first-order valence-electron chi connectivity index (χ1n) is 9.90. The fourth-order valence-corrected chi connectivity index (χ4v) is 4.82. The number of piperidine rings is 1. The minimum absolute atomic E-state index is 0.0122. The van der Waals surface area contributed by atoms with Crippen LogP contribution in [-0.4, -0.2) is 28.9 Å². The lowest BCUT2D eigenvalue weighted by atomic mass is 9.92. The second-order valence-corrected chi connectivity index (χ2v) is 9.07. The monoisotopic (exact) mass is 411 g/mol. The van der Waals surface area contributed by atoms with Crippen LogP contribution in [0, 0.1) is 18.8 Å². The Morgan fingerprint density at radius 3 is 2.79 bits per heavy atom. The summed E-state index contributed by atoms with van der Waals surface area (Å²) < 4.78 is 5.64. The van der Waals surface area contributed by atoms with Crippen molar-refractivity contribution < 1.29 is 9.21 Å². The van der Waals surface area contributed by atoms with Crippen molar-refractivity contribution in [3.05, 3.63) is 56.9 Å². The highest BCUT2D eigenvalue weighted by Gasteiger charge is 2.22. The van der Waals surface area contributed by atoms with Gasteiger partial charge in [-0.15, -0.1) is 11.3 Å². The van der Waals surface area contributed by atoms with Crippen molar-refractivity contribution in [1.29, 1.82) is 0 Å². The normalized spacial score (nSPS) is 20.1. The highest BCUT2D eigenvalue weighted by molar-refractivity contribution is 7.13. The van der Waals surface area contributed by atoms with E-state index in [4.69, 9.17) is 4.42 Å². The number of aryl methyl sites for hydroxylation is 1. The van der Waals surface area contributed by atoms with Crippen LogP contribution in [0.5, 0.6) is 0 Å². The fraction of sp³-hybridized carbons (Fsp3) is 0.409. The molecule has 0 aliphatic carbocycles. The van der Waals surface area contributed by atoms with Gasteiger partial charge in [0, 0.05) is 31.1 Å². The minimum Gasteiger partial charge on any atom is -0.451 e. The van der Waals surface area contributed by atoms with Crippen LogP contribution in [0.2, 0.25) is 0 Å². The fourth-order valence-electron chi connectivity index (χ4n) is 4.13. The van der Waals surface area contributed by atoms with Crippen LogP contribution in [0.25, 0.3) is 11.0 Å². The zero-order valence-electron chi connectivity index (χ0n) is 16.9. The largest absolute Gasteiger partial charge is 0.451 e. The molecule has 6 nitrogen and oxygen atoms in total. The van der Waals surface area contributed by atoms with Gasteiger partial charge in [-0.25, -0.2) is 4.98 Å². The first-order chi connectivity index (χ1) is 13.9. The second-order valence-electron chi connectivity index (χ2n) is 8.21. The average molecular weight is 412 g/mol. The van der Waals surface area contributed by atoms with Crippen molar-refractivity contribution in [2.75, 3.05) is 18.4 Å². The molecule has 0 unspecified atom stereocenters. The number of hydrogen-bond donors (Lipinski definition) is 1. The van der Waals surface area contributed by atoms with Crippen molar-refractivity contribution in [2.24, 2.45) is 11.8 Å².